The van der Waals surface area contributed by atoms with Gasteiger partial charge < -0.3 is 5.32 Å². The standard InChI is InChI=1S/C12H19NS/c1-9-8-11(10(2)14-9)6-7-13-12-4-3-5-12/h8,12-13H,3-7H2,1-2H3. The largest absolute Gasteiger partial charge is 0.314 e. The fraction of sp³-hybridized carbons (Fsp3) is 0.667. The van der Waals surface area contributed by atoms with E-state index in [4.69, 9.17) is 0 Å². The van der Waals surface area contributed by atoms with Crippen molar-refractivity contribution >= 4 is 11.3 Å². The van der Waals surface area contributed by atoms with Crippen LogP contribution in [0.5, 0.6) is 0 Å². The van der Waals surface area contributed by atoms with Crippen LogP contribution >= 0.6 is 11.3 Å². The summed E-state index contributed by atoms with van der Waals surface area (Å²) in [6.45, 7) is 5.58. The molecule has 2 rings (SSSR count). The lowest BCUT2D eigenvalue weighted by Crippen LogP contribution is -2.36. The summed E-state index contributed by atoms with van der Waals surface area (Å²) in [7, 11) is 0. The van der Waals surface area contributed by atoms with E-state index in [9.17, 15) is 0 Å². The zero-order chi connectivity index (χ0) is 9.97. The van der Waals surface area contributed by atoms with E-state index in [1.807, 2.05) is 11.3 Å². The fourth-order valence-corrected chi connectivity index (χ4v) is 2.93. The molecule has 0 spiro atoms. The molecule has 2 heteroatoms. The maximum absolute atomic E-state index is 3.61. The molecule has 0 unspecified atom stereocenters. The number of thiophene rings is 1. The summed E-state index contributed by atoms with van der Waals surface area (Å²) in [5.74, 6) is 0. The van der Waals surface area contributed by atoms with E-state index in [1.54, 1.807) is 5.56 Å². The van der Waals surface area contributed by atoms with E-state index in [0.717, 1.165) is 12.6 Å². The Labute approximate surface area is 90.5 Å². The molecule has 14 heavy (non-hydrogen) atoms. The zero-order valence-corrected chi connectivity index (χ0v) is 9.91. The maximum atomic E-state index is 3.61. The average molecular weight is 209 g/mol. The van der Waals surface area contributed by atoms with Gasteiger partial charge in [0.25, 0.3) is 0 Å². The lowest BCUT2D eigenvalue weighted by molar-refractivity contribution is 0.342. The molecule has 1 fully saturated rings. The van der Waals surface area contributed by atoms with E-state index in [-0.39, 0.29) is 0 Å². The maximum Gasteiger partial charge on any atom is 0.00672 e. The summed E-state index contributed by atoms with van der Waals surface area (Å²) in [5.41, 5.74) is 1.54. The molecule has 1 heterocycles. The van der Waals surface area contributed by atoms with Crippen molar-refractivity contribution < 1.29 is 0 Å². The molecule has 0 aromatic carbocycles. The van der Waals surface area contributed by atoms with E-state index >= 15 is 0 Å². The highest BCUT2D eigenvalue weighted by atomic mass is 32.1. The molecule has 78 valence electrons. The van der Waals surface area contributed by atoms with Crippen molar-refractivity contribution in [1.29, 1.82) is 0 Å². The summed E-state index contributed by atoms with van der Waals surface area (Å²) in [6.07, 6.45) is 5.41. The monoisotopic (exact) mass is 209 g/mol. The van der Waals surface area contributed by atoms with Gasteiger partial charge in [-0.2, -0.15) is 0 Å². The second-order valence-electron chi connectivity index (χ2n) is 4.27. The zero-order valence-electron chi connectivity index (χ0n) is 9.10. The van der Waals surface area contributed by atoms with Crippen molar-refractivity contribution in [3.05, 3.63) is 21.4 Å². The van der Waals surface area contributed by atoms with Crippen LogP contribution in [-0.4, -0.2) is 12.6 Å². The first-order valence-electron chi connectivity index (χ1n) is 5.55. The normalized spacial score (nSPS) is 17.0. The highest BCUT2D eigenvalue weighted by Crippen LogP contribution is 2.21. The molecular formula is C12H19NS. The van der Waals surface area contributed by atoms with Gasteiger partial charge in [0.1, 0.15) is 0 Å². The Morgan fingerprint density at radius 1 is 1.43 bits per heavy atom. The molecule has 1 saturated carbocycles. The summed E-state index contributed by atoms with van der Waals surface area (Å²) < 4.78 is 0. The van der Waals surface area contributed by atoms with Gasteiger partial charge in [-0.05, 0) is 51.3 Å². The Bertz CT molecular complexity index is 299. The molecule has 0 saturated heterocycles. The molecule has 0 aliphatic heterocycles. The molecule has 0 amide bonds. The van der Waals surface area contributed by atoms with Crippen LogP contribution in [0.4, 0.5) is 0 Å². The van der Waals surface area contributed by atoms with Crippen LogP contribution < -0.4 is 5.32 Å². The highest BCUT2D eigenvalue weighted by molar-refractivity contribution is 7.12. The van der Waals surface area contributed by atoms with Crippen molar-refractivity contribution in [2.45, 2.75) is 45.6 Å². The number of aryl methyl sites for hydroxylation is 2. The van der Waals surface area contributed by atoms with Crippen LogP contribution in [0, 0.1) is 13.8 Å². The first-order valence-corrected chi connectivity index (χ1v) is 6.36. The quantitative estimate of drug-likeness (QED) is 0.803. The SMILES string of the molecule is Cc1cc(CCNC2CCC2)c(C)s1. The van der Waals surface area contributed by atoms with Gasteiger partial charge >= 0.3 is 0 Å². The molecule has 0 bridgehead atoms. The second kappa shape index (κ2) is 4.45. The summed E-state index contributed by atoms with van der Waals surface area (Å²) in [6, 6.07) is 3.16. The number of hydrogen-bond donors (Lipinski definition) is 1. The van der Waals surface area contributed by atoms with Gasteiger partial charge in [0.2, 0.25) is 0 Å². The van der Waals surface area contributed by atoms with Crippen LogP contribution in [-0.2, 0) is 6.42 Å². The smallest absolute Gasteiger partial charge is 0.00672 e. The third-order valence-corrected chi connectivity index (χ3v) is 4.08. The molecular weight excluding hydrogens is 190 g/mol. The third kappa shape index (κ3) is 2.37. The van der Waals surface area contributed by atoms with E-state index in [1.165, 1.54) is 35.4 Å². The molecule has 1 nitrogen and oxygen atoms in total. The minimum Gasteiger partial charge on any atom is -0.314 e. The van der Waals surface area contributed by atoms with Gasteiger partial charge in [-0.1, -0.05) is 6.42 Å². The summed E-state index contributed by atoms with van der Waals surface area (Å²) in [4.78, 5) is 2.94. The van der Waals surface area contributed by atoms with Crippen LogP contribution in [0.3, 0.4) is 0 Å². The Hall–Kier alpha value is -0.340. The van der Waals surface area contributed by atoms with E-state index < -0.39 is 0 Å². The first-order chi connectivity index (χ1) is 6.75. The molecule has 1 N–H and O–H groups in total. The highest BCUT2D eigenvalue weighted by Gasteiger charge is 2.15. The lowest BCUT2D eigenvalue weighted by Gasteiger charge is -2.26. The predicted octanol–water partition coefficient (Wildman–Crippen LogP) is 3.05. The molecule has 1 aromatic heterocycles. The second-order valence-corrected chi connectivity index (χ2v) is 5.73. The van der Waals surface area contributed by atoms with E-state index in [2.05, 4.69) is 25.2 Å². The molecule has 1 aliphatic rings. The topological polar surface area (TPSA) is 12.0 Å². The van der Waals surface area contributed by atoms with Crippen LogP contribution in [0.1, 0.15) is 34.6 Å². The van der Waals surface area contributed by atoms with Crippen molar-refractivity contribution in [3.8, 4) is 0 Å². The van der Waals surface area contributed by atoms with Gasteiger partial charge in [-0.15, -0.1) is 11.3 Å². The van der Waals surface area contributed by atoms with Gasteiger partial charge in [0.05, 0.1) is 0 Å². The Morgan fingerprint density at radius 3 is 2.71 bits per heavy atom. The number of hydrogen-bond acceptors (Lipinski definition) is 2. The Morgan fingerprint density at radius 2 is 2.21 bits per heavy atom. The number of rotatable bonds is 4. The first kappa shape index (κ1) is 10.2. The van der Waals surface area contributed by atoms with Crippen molar-refractivity contribution in [2.24, 2.45) is 0 Å². The van der Waals surface area contributed by atoms with Crippen LogP contribution in [0.15, 0.2) is 6.07 Å². The minimum atomic E-state index is 0.829. The van der Waals surface area contributed by atoms with Gasteiger partial charge in [-0.25, -0.2) is 0 Å². The predicted molar refractivity (Wildman–Crippen MR) is 63.1 cm³/mol. The molecule has 0 atom stereocenters. The van der Waals surface area contributed by atoms with Crippen molar-refractivity contribution in [1.82, 2.24) is 5.32 Å². The van der Waals surface area contributed by atoms with Crippen molar-refractivity contribution in [3.63, 3.8) is 0 Å². The number of nitrogens with one attached hydrogen (secondary N) is 1. The molecule has 0 radical (unpaired) electrons. The van der Waals surface area contributed by atoms with Gasteiger partial charge in [-0.3, -0.25) is 0 Å². The molecule has 1 aromatic rings. The summed E-state index contributed by atoms with van der Waals surface area (Å²) in [5, 5.41) is 3.61. The van der Waals surface area contributed by atoms with Gasteiger partial charge in [0, 0.05) is 15.8 Å². The van der Waals surface area contributed by atoms with Crippen LogP contribution in [0.2, 0.25) is 0 Å². The minimum absolute atomic E-state index is 0.829. The Balaban J connectivity index is 1.76. The van der Waals surface area contributed by atoms with E-state index in [0.29, 0.717) is 0 Å². The van der Waals surface area contributed by atoms with Gasteiger partial charge in [0.15, 0.2) is 0 Å². The Kier molecular flexibility index (Phi) is 3.24. The average Bonchev–Trinajstić information content (AvgIpc) is 2.36. The summed E-state index contributed by atoms with van der Waals surface area (Å²) >= 11 is 1.92. The lowest BCUT2D eigenvalue weighted by atomic mass is 9.93. The van der Waals surface area contributed by atoms with Crippen molar-refractivity contribution in [2.75, 3.05) is 6.54 Å². The fourth-order valence-electron chi connectivity index (χ4n) is 1.96. The molecule has 1 aliphatic carbocycles. The third-order valence-electron chi connectivity index (χ3n) is 3.08. The van der Waals surface area contributed by atoms with Crippen LogP contribution in [0.25, 0.3) is 0 Å².